The molecule has 0 saturated heterocycles. The van der Waals surface area contributed by atoms with Crippen molar-refractivity contribution < 1.29 is 36.2 Å². The lowest BCUT2D eigenvalue weighted by Gasteiger charge is -2.24. The van der Waals surface area contributed by atoms with Crippen molar-refractivity contribution in [2.24, 2.45) is 20.5 Å². The lowest BCUT2D eigenvalue weighted by Crippen LogP contribution is -2.31. The maximum atomic E-state index is 11.8. The number of nitrogens with one attached hydrogen (secondary N) is 2. The van der Waals surface area contributed by atoms with Gasteiger partial charge < -0.3 is 35.5 Å². The molecule has 26 heteroatoms. The van der Waals surface area contributed by atoms with E-state index in [9.17, 15) is 36.2 Å². The van der Waals surface area contributed by atoms with Gasteiger partial charge in [-0.1, -0.05) is 22.7 Å². The van der Waals surface area contributed by atoms with Crippen molar-refractivity contribution in [1.82, 2.24) is 24.9 Å². The van der Waals surface area contributed by atoms with E-state index in [1.165, 1.54) is 13.8 Å². The van der Waals surface area contributed by atoms with Gasteiger partial charge in [-0.15, -0.1) is 20.5 Å². The Morgan fingerprint density at radius 2 is 0.984 bits per heavy atom. The minimum Gasteiger partial charge on any atom is -0.395 e. The molecule has 0 fully saturated rings. The molecule has 6 N–H and O–H groups in total. The summed E-state index contributed by atoms with van der Waals surface area (Å²) >= 11 is 1.32. The van der Waals surface area contributed by atoms with Crippen LogP contribution in [0.25, 0.3) is 0 Å². The summed E-state index contributed by atoms with van der Waals surface area (Å²) in [5.41, 5.74) is 3.14. The van der Waals surface area contributed by atoms with E-state index in [4.69, 9.17) is 0 Å². The van der Waals surface area contributed by atoms with Gasteiger partial charge in [0.05, 0.1) is 36.0 Å². The number of azo groups is 2. The number of benzene rings is 2. The highest BCUT2D eigenvalue weighted by Crippen LogP contribution is 2.38. The molecule has 0 bridgehead atoms. The van der Waals surface area contributed by atoms with E-state index in [1.807, 2.05) is 52.0 Å². The number of anilines is 7. The van der Waals surface area contributed by atoms with E-state index in [2.05, 4.69) is 65.8 Å². The summed E-state index contributed by atoms with van der Waals surface area (Å²) in [4.78, 5) is 28.0. The number of aliphatic hydroxyl groups excluding tert-OH is 2. The zero-order chi connectivity index (χ0) is 44.5. The fourth-order valence-corrected chi connectivity index (χ4v) is 9.27. The first-order valence-corrected chi connectivity index (χ1v) is 23.3. The monoisotopic (exact) mass is 918 g/mol. The molecule has 0 unspecified atom stereocenters. The van der Waals surface area contributed by atoms with E-state index < -0.39 is 20.2 Å². The van der Waals surface area contributed by atoms with Crippen LogP contribution in [0.1, 0.15) is 39.1 Å². The highest BCUT2D eigenvalue weighted by molar-refractivity contribution is 7.88. The number of aromatic nitrogens is 5. The fraction of sp³-hybridized carbons (Fsp3) is 0.400. The number of thiazole rings is 2. The highest BCUT2D eigenvalue weighted by atomic mass is 32.3. The summed E-state index contributed by atoms with van der Waals surface area (Å²) in [7, 11) is -9.04. The molecule has 0 aliphatic heterocycles. The van der Waals surface area contributed by atoms with Crippen LogP contribution in [-0.2, 0) is 20.2 Å². The molecule has 0 amide bonds. The first kappa shape index (κ1) is 46.7. The van der Waals surface area contributed by atoms with E-state index in [-0.39, 0.29) is 74.2 Å². The molecule has 0 aliphatic rings. The first-order valence-electron chi connectivity index (χ1n) is 18.8. The number of rotatable bonds is 21. The van der Waals surface area contributed by atoms with Crippen LogP contribution in [-0.4, -0.2) is 114 Å². The quantitative estimate of drug-likeness (QED) is 0.0330. The summed E-state index contributed by atoms with van der Waals surface area (Å²) in [6.07, 6.45) is 0. The minimum atomic E-state index is -4.52. The molecule has 0 aliphatic carbocycles. The van der Waals surface area contributed by atoms with Crippen molar-refractivity contribution in [3.63, 3.8) is 0 Å². The summed E-state index contributed by atoms with van der Waals surface area (Å²) in [5.74, 6) is 0.111. The van der Waals surface area contributed by atoms with Crippen molar-refractivity contribution >= 4 is 105 Å². The Bertz CT molecular complexity index is 2420. The van der Waals surface area contributed by atoms with Crippen molar-refractivity contribution in [3.05, 3.63) is 47.8 Å². The largest absolute Gasteiger partial charge is 0.395 e. The lowest BCUT2D eigenvalue weighted by molar-refractivity contribution is 0.280. The minimum absolute atomic E-state index is 0.00904. The van der Waals surface area contributed by atoms with Crippen LogP contribution in [0.4, 0.5) is 62.2 Å². The second kappa shape index (κ2) is 20.5. The average molecular weight is 919 g/mol. The van der Waals surface area contributed by atoms with Crippen LogP contribution < -0.4 is 25.3 Å². The van der Waals surface area contributed by atoms with Crippen LogP contribution in [0.3, 0.4) is 0 Å². The van der Waals surface area contributed by atoms with Crippen LogP contribution in [0.5, 0.6) is 0 Å². The predicted octanol–water partition coefficient (Wildman–Crippen LogP) is 6.70. The molecule has 0 atom stereocenters. The summed E-state index contributed by atoms with van der Waals surface area (Å²) in [6, 6.07) is 10.7. The molecule has 328 valence electrons. The molecule has 5 rings (SSSR count). The van der Waals surface area contributed by atoms with Gasteiger partial charge in [0.15, 0.2) is 8.42 Å². The third-order valence-corrected chi connectivity index (χ3v) is 13.8. The van der Waals surface area contributed by atoms with E-state index in [1.54, 1.807) is 17.0 Å². The molecule has 0 spiro atoms. The third-order valence-electron chi connectivity index (χ3n) is 8.80. The molecular formula is C35H46N14O8S4. The van der Waals surface area contributed by atoms with Crippen LogP contribution in [0.2, 0.25) is 0 Å². The van der Waals surface area contributed by atoms with Gasteiger partial charge in [0, 0.05) is 50.6 Å². The number of aryl methyl sites for hydroxylation is 2. The molecule has 22 nitrogen and oxygen atoms in total. The Balaban J connectivity index is 1.63. The van der Waals surface area contributed by atoms with Gasteiger partial charge in [0.2, 0.25) is 28.1 Å². The van der Waals surface area contributed by atoms with Gasteiger partial charge in [0.25, 0.3) is 0 Å². The summed E-state index contributed by atoms with van der Waals surface area (Å²) in [5, 5.41) is 43.3. The topological polar surface area (TPSA) is 297 Å². The summed E-state index contributed by atoms with van der Waals surface area (Å²) < 4.78 is 65.8. The SMILES string of the molecule is CCN(CC)c1ccc(N=Nc2nc(C)c(S(=O)(=O)O)s2)c(Nc2nc(Nc3cc(N(CC)CC)ccc3N=Nc3nc(C)c(S(=O)(=O)O)s3)nc(N(CCO)CCO)n2)c1. The van der Waals surface area contributed by atoms with Gasteiger partial charge in [-0.2, -0.15) is 31.8 Å². The smallest absolute Gasteiger partial charge is 0.306 e. The Hall–Kier alpha value is -5.35. The molecule has 0 radical (unpaired) electrons. The van der Waals surface area contributed by atoms with Gasteiger partial charge in [-0.25, -0.2) is 9.97 Å². The molecule has 0 saturated carbocycles. The zero-order valence-electron chi connectivity index (χ0n) is 34.0. The van der Waals surface area contributed by atoms with Crippen LogP contribution in [0, 0.1) is 13.8 Å². The maximum Gasteiger partial charge on any atom is 0.306 e. The van der Waals surface area contributed by atoms with Crippen LogP contribution >= 0.6 is 22.7 Å². The number of aliphatic hydroxyl groups is 2. The molecule has 3 heterocycles. The molecular weight excluding hydrogens is 873 g/mol. The molecule has 3 aromatic heterocycles. The molecule has 61 heavy (non-hydrogen) atoms. The van der Waals surface area contributed by atoms with Crippen LogP contribution in [0.15, 0.2) is 65.3 Å². The van der Waals surface area contributed by atoms with Gasteiger partial charge in [0.1, 0.15) is 11.4 Å². The number of nitrogens with zero attached hydrogens (tertiary/aromatic N) is 12. The number of hydrogen-bond donors (Lipinski definition) is 6. The Kier molecular flexibility index (Phi) is 15.7. The average Bonchev–Trinajstić information content (AvgIpc) is 3.79. The highest BCUT2D eigenvalue weighted by Gasteiger charge is 2.22. The van der Waals surface area contributed by atoms with E-state index in [0.717, 1.165) is 11.4 Å². The zero-order valence-corrected chi connectivity index (χ0v) is 37.3. The van der Waals surface area contributed by atoms with Gasteiger partial charge in [-0.05, 0) is 77.9 Å². The molecule has 2 aromatic carbocycles. The van der Waals surface area contributed by atoms with Crippen molar-refractivity contribution in [2.75, 3.05) is 77.8 Å². The van der Waals surface area contributed by atoms with Gasteiger partial charge in [-0.3, -0.25) is 9.11 Å². The normalized spacial score (nSPS) is 12.1. The predicted molar refractivity (Wildman–Crippen MR) is 234 cm³/mol. The van der Waals surface area contributed by atoms with Gasteiger partial charge >= 0.3 is 20.2 Å². The second-order valence-electron chi connectivity index (χ2n) is 12.8. The standard InChI is InChI=1S/C35H46N14O8S4/c1-7-47(8-2)23-11-13-25(43-45-34-36-21(5)29(58-34)60(52,53)54)27(19-23)38-31-40-32(42-33(41-31)49(15-17-50)16-18-51)39-28-20-24(48(9-3)10-4)12-14-26(28)44-46-35-37-22(6)30(59-35)61(55,56)57/h11-14,19-20,50-51H,7-10,15-18H2,1-6H3,(H,52,53,54)(H,55,56,57)(H2,38,39,40,41,42). The molecule has 5 aromatic rings. The van der Waals surface area contributed by atoms with E-state index in [0.29, 0.717) is 71.6 Å². The van der Waals surface area contributed by atoms with Crippen molar-refractivity contribution in [3.8, 4) is 0 Å². The first-order chi connectivity index (χ1) is 29.0. The second-order valence-corrected chi connectivity index (χ2v) is 18.0. The fourth-order valence-electron chi connectivity index (χ4n) is 5.90. The third kappa shape index (κ3) is 11.9. The number of hydrogen-bond acceptors (Lipinski definition) is 22. The Morgan fingerprint density at radius 3 is 1.31 bits per heavy atom. The Labute approximate surface area is 360 Å². The van der Waals surface area contributed by atoms with E-state index >= 15 is 0 Å². The lowest BCUT2D eigenvalue weighted by atomic mass is 10.2. The summed E-state index contributed by atoms with van der Waals surface area (Å²) in [6.45, 7) is 13.2. The Morgan fingerprint density at radius 1 is 0.590 bits per heavy atom. The maximum absolute atomic E-state index is 11.8. The van der Waals surface area contributed by atoms with Crippen molar-refractivity contribution in [2.45, 2.75) is 50.0 Å². The van der Waals surface area contributed by atoms with Crippen molar-refractivity contribution in [1.29, 1.82) is 0 Å².